The molecular formula is C83H92F12O17S6. The Morgan fingerprint density at radius 3 is 0.975 bits per heavy atom. The van der Waals surface area contributed by atoms with Gasteiger partial charge in [-0.2, -0.15) is 69.5 Å². The first-order valence-electron chi connectivity index (χ1n) is 36.1. The van der Waals surface area contributed by atoms with Crippen molar-refractivity contribution in [2.45, 2.75) is 188 Å². The average Bonchev–Trinajstić information content (AvgIpc) is 0.726. The number of carbonyl (C=O) groups excluding carboxylic acids is 2. The summed E-state index contributed by atoms with van der Waals surface area (Å²) in [5.41, 5.74) is 0.795. The van der Waals surface area contributed by atoms with Gasteiger partial charge in [-0.3, -0.25) is 9.59 Å². The van der Waals surface area contributed by atoms with Gasteiger partial charge >= 0.3 is 65.0 Å². The number of esters is 2. The molecule has 646 valence electrons. The van der Waals surface area contributed by atoms with Crippen molar-refractivity contribution in [3.05, 3.63) is 254 Å². The SMILES string of the molecule is CCC(C)(C)C(=O)OC(C)(C)C.CCC(C)C(=O)OCCO.CCC(C)c1ccc(OS(=O)(=O)C(F)(F)C(F)(F)C(F)(F)S(=O)(=O)[O-])cc1.CCC(C)c1ccc2cc(OS(=O)(=O)C(F)(F)C(F)(F)C(F)(F)S(=O)(=O)[O-])ccc2c1.c1ccc([S+](c2ccccc2)c2ccccc2)cc1.c1ccc([S+](c2ccccc2)c2ccccc2)cc1. The smallest absolute Gasteiger partial charge is 0.450 e. The van der Waals surface area contributed by atoms with Crippen molar-refractivity contribution in [3.63, 3.8) is 0 Å². The number of rotatable bonds is 28. The van der Waals surface area contributed by atoms with Crippen LogP contribution < -0.4 is 8.37 Å². The number of aliphatic hydroxyl groups excluding tert-OH is 1. The standard InChI is InChI=1S/2C18H15S.C17H16F6O6S2.C13H14F6O6S2.C10H20O2.C7H14O3/c2*1-4-10-16(11-5-1)19(17-12-6-2-7-13-17)18-14-8-3-9-15-18;1-3-10(2)11-4-5-13-9-14(7-6-12(13)8-11)29-31(27,28)17(22,23)15(18,19)16(20,21)30(24,25)26;1-3-8(2)9-4-6-10(7-5-9)25-27(23,24)13(18,19)11(14,15)12(16,17)26(20,21)22;1-7-10(5,6)8(11)12-9(2,3)4;1-3-6(2)7(9)10-5-4-8/h2*1-15H;4-10H,3H2,1-2H3,(H,24,25,26);4-8H,3H2,1-2H3,(H,20,21,22);7H2,1-6H3;6,8H,3-5H2,1-2H3/q2*+1;;;;/p-2. The summed E-state index contributed by atoms with van der Waals surface area (Å²) in [6, 6.07) is 76.1. The topological polar surface area (TPSA) is 274 Å². The third kappa shape index (κ3) is 26.7. The molecule has 0 saturated heterocycles. The lowest BCUT2D eigenvalue weighted by atomic mass is 9.90. The monoisotopic (exact) mass is 1780 g/mol. The zero-order chi connectivity index (χ0) is 89.3. The van der Waals surface area contributed by atoms with Crippen LogP contribution >= 0.6 is 0 Å². The number of benzene rings is 9. The molecule has 0 bridgehead atoms. The van der Waals surface area contributed by atoms with Crippen molar-refractivity contribution >= 4 is 85.0 Å². The summed E-state index contributed by atoms with van der Waals surface area (Å²) in [7, 11) is -28.4. The predicted octanol–water partition coefficient (Wildman–Crippen LogP) is 20.6. The van der Waals surface area contributed by atoms with Gasteiger partial charge in [-0.05, 0) is 191 Å². The van der Waals surface area contributed by atoms with Crippen LogP contribution in [0, 0.1) is 11.3 Å². The Labute approximate surface area is 687 Å². The van der Waals surface area contributed by atoms with Gasteiger partial charge in [-0.15, -0.1) is 0 Å². The van der Waals surface area contributed by atoms with E-state index in [4.69, 9.17) is 9.84 Å². The molecule has 0 aromatic heterocycles. The van der Waals surface area contributed by atoms with Gasteiger partial charge in [0, 0.05) is 0 Å². The van der Waals surface area contributed by atoms with E-state index in [2.05, 4.69) is 195 Å². The summed E-state index contributed by atoms with van der Waals surface area (Å²) in [4.78, 5) is 30.5. The summed E-state index contributed by atoms with van der Waals surface area (Å²) in [5.74, 6) is -16.3. The van der Waals surface area contributed by atoms with E-state index in [1.54, 1.807) is 26.0 Å². The maximum absolute atomic E-state index is 13.8. The summed E-state index contributed by atoms with van der Waals surface area (Å²) in [6.45, 7) is 22.7. The van der Waals surface area contributed by atoms with Crippen molar-refractivity contribution < 1.29 is 128 Å². The Morgan fingerprint density at radius 1 is 0.398 bits per heavy atom. The highest BCUT2D eigenvalue weighted by atomic mass is 32.2. The second-order valence-electron chi connectivity index (χ2n) is 27.6. The largest absolute Gasteiger partial charge is 0.743 e. The molecule has 17 nitrogen and oxygen atoms in total. The lowest BCUT2D eigenvalue weighted by molar-refractivity contribution is -0.247. The molecule has 0 saturated carbocycles. The lowest BCUT2D eigenvalue weighted by Gasteiger charge is -2.32. The van der Waals surface area contributed by atoms with E-state index < -0.39 is 84.8 Å². The number of carbonyl (C=O) groups is 2. The minimum Gasteiger partial charge on any atom is -0.743 e. The van der Waals surface area contributed by atoms with Crippen LogP contribution in [0.5, 0.6) is 11.5 Å². The second-order valence-corrected chi connectivity index (χ2v) is 37.7. The Hall–Kier alpha value is -8.68. The van der Waals surface area contributed by atoms with Crippen LogP contribution in [-0.2, 0) is 81.3 Å². The van der Waals surface area contributed by atoms with E-state index >= 15 is 0 Å². The Kier molecular flexibility index (Phi) is 37.1. The van der Waals surface area contributed by atoms with Gasteiger partial charge in [-0.25, -0.2) is 16.8 Å². The van der Waals surface area contributed by atoms with E-state index in [1.807, 2.05) is 69.2 Å². The van der Waals surface area contributed by atoms with Crippen LogP contribution in [-0.4, -0.2) is 111 Å². The number of hydrogen-bond donors (Lipinski definition) is 1. The normalized spacial score (nSPS) is 13.3. The molecule has 0 aliphatic rings. The molecule has 3 atom stereocenters. The quantitative estimate of drug-likeness (QED) is 0.0157. The molecule has 0 heterocycles. The summed E-state index contributed by atoms with van der Waals surface area (Å²) in [6.07, 6.45) is 3.05. The maximum Gasteiger partial charge on any atom is 0.450 e. The number of alkyl halides is 12. The molecule has 9 aromatic rings. The number of ether oxygens (including phenoxy) is 2. The van der Waals surface area contributed by atoms with Gasteiger partial charge in [0.15, 0.2) is 49.6 Å². The number of hydrogen-bond acceptors (Lipinski definition) is 17. The fraction of sp³-hybridized carbons (Fsp3) is 0.349. The van der Waals surface area contributed by atoms with Gasteiger partial charge in [0.2, 0.25) is 0 Å². The molecule has 0 aliphatic carbocycles. The summed E-state index contributed by atoms with van der Waals surface area (Å²) < 4.78 is 286. The molecule has 0 spiro atoms. The third-order valence-electron chi connectivity index (χ3n) is 17.3. The van der Waals surface area contributed by atoms with Crippen molar-refractivity contribution in [1.82, 2.24) is 0 Å². The zero-order valence-corrected chi connectivity index (χ0v) is 70.9. The van der Waals surface area contributed by atoms with Crippen LogP contribution in [0.4, 0.5) is 52.7 Å². The van der Waals surface area contributed by atoms with Crippen LogP contribution in [0.3, 0.4) is 0 Å². The molecule has 9 rings (SSSR count). The fourth-order valence-corrected chi connectivity index (χ4v) is 16.5. The predicted molar refractivity (Wildman–Crippen MR) is 426 cm³/mol. The van der Waals surface area contributed by atoms with Gasteiger partial charge in [0.1, 0.15) is 23.7 Å². The van der Waals surface area contributed by atoms with Crippen molar-refractivity contribution in [3.8, 4) is 11.5 Å². The first-order chi connectivity index (χ1) is 54.6. The van der Waals surface area contributed by atoms with Crippen molar-refractivity contribution in [2.75, 3.05) is 13.2 Å². The zero-order valence-electron chi connectivity index (χ0n) is 66.0. The molecule has 35 heteroatoms. The molecule has 0 amide bonds. The molecule has 1 N–H and O–H groups in total. The summed E-state index contributed by atoms with van der Waals surface area (Å²) >= 11 is 0. The molecule has 118 heavy (non-hydrogen) atoms. The maximum atomic E-state index is 13.8. The fourth-order valence-electron chi connectivity index (χ4n) is 9.42. The third-order valence-corrected chi connectivity index (χ3v) is 26.1. The Balaban J connectivity index is 0.000000309. The van der Waals surface area contributed by atoms with E-state index in [-0.39, 0.29) is 81.1 Å². The first kappa shape index (κ1) is 102. The minimum atomic E-state index is -7.35. The minimum absolute atomic E-state index is 0.0146. The average molecular weight is 1780 g/mol. The van der Waals surface area contributed by atoms with Gasteiger partial charge in [0.25, 0.3) is 0 Å². The Morgan fingerprint density at radius 2 is 0.686 bits per heavy atom. The molecular weight excluding hydrogens is 1690 g/mol. The van der Waals surface area contributed by atoms with Gasteiger partial charge in [0.05, 0.1) is 39.7 Å². The van der Waals surface area contributed by atoms with E-state index in [9.17, 15) is 105 Å². The van der Waals surface area contributed by atoms with Crippen LogP contribution in [0.1, 0.15) is 132 Å². The van der Waals surface area contributed by atoms with Crippen LogP contribution in [0.2, 0.25) is 0 Å². The van der Waals surface area contributed by atoms with Gasteiger partial charge < -0.3 is 32.1 Å². The van der Waals surface area contributed by atoms with Crippen molar-refractivity contribution in [2.24, 2.45) is 11.3 Å². The second kappa shape index (κ2) is 43.0. The highest BCUT2D eigenvalue weighted by molar-refractivity contribution is 7.97. The lowest BCUT2D eigenvalue weighted by Crippen LogP contribution is -2.61. The first-order valence-corrected chi connectivity index (χ1v) is 44.2. The van der Waals surface area contributed by atoms with E-state index in [0.29, 0.717) is 17.4 Å². The van der Waals surface area contributed by atoms with Gasteiger partial charge in [-0.1, -0.05) is 194 Å². The Bertz CT molecular complexity index is 4800. The molecule has 0 fully saturated rings. The van der Waals surface area contributed by atoms with E-state index in [0.717, 1.165) is 49.1 Å². The highest BCUT2D eigenvalue weighted by Gasteiger charge is 2.82. The molecule has 3 unspecified atom stereocenters. The molecule has 9 aromatic carbocycles. The number of halogens is 12. The molecule has 0 radical (unpaired) electrons. The number of aliphatic hydroxyl groups is 1. The highest BCUT2D eigenvalue weighted by Crippen LogP contribution is 2.53. The number of fused-ring (bicyclic) bond motifs is 1. The summed E-state index contributed by atoms with van der Waals surface area (Å²) in [5, 5.41) is -18.3. The van der Waals surface area contributed by atoms with E-state index in [1.165, 1.54) is 53.6 Å². The van der Waals surface area contributed by atoms with Crippen LogP contribution in [0.15, 0.2) is 272 Å². The van der Waals surface area contributed by atoms with Crippen LogP contribution in [0.25, 0.3) is 10.8 Å². The molecule has 0 aliphatic heterocycles. The van der Waals surface area contributed by atoms with Crippen molar-refractivity contribution in [1.29, 1.82) is 0 Å².